The van der Waals surface area contributed by atoms with E-state index in [0.717, 1.165) is 5.56 Å². The molecule has 0 radical (unpaired) electrons. The van der Waals surface area contributed by atoms with Crippen LogP contribution in [-0.4, -0.2) is 84.6 Å². The monoisotopic (exact) mass is 547 g/mol. The number of benzene rings is 3. The fourth-order valence-corrected chi connectivity index (χ4v) is 6.11. The number of ether oxygens (including phenoxy) is 3. The molecule has 206 valence electrons. The maximum Gasteiger partial charge on any atom is 0.253 e. The molecule has 7 rings (SSSR count). The molecule has 11 nitrogen and oxygen atoms in total. The lowest BCUT2D eigenvalue weighted by molar-refractivity contribution is -0.340. The second kappa shape index (κ2) is 8.77. The van der Waals surface area contributed by atoms with Crippen molar-refractivity contribution in [2.24, 2.45) is 4.99 Å². The van der Waals surface area contributed by atoms with E-state index in [9.17, 15) is 35.7 Å². The van der Waals surface area contributed by atoms with E-state index in [1.54, 1.807) is 12.1 Å². The molecule has 7 N–H and O–H groups in total. The Labute approximate surface area is 227 Å². The van der Waals surface area contributed by atoms with Crippen molar-refractivity contribution in [3.05, 3.63) is 77.4 Å². The summed E-state index contributed by atoms with van der Waals surface area (Å²) in [7, 11) is 0. The zero-order valence-corrected chi connectivity index (χ0v) is 20.7. The van der Waals surface area contributed by atoms with Gasteiger partial charge in [-0.1, -0.05) is 30.3 Å². The minimum absolute atomic E-state index is 0.0201. The number of phenolic OH excluding ortho intramolecular Hbond substituents is 3. The van der Waals surface area contributed by atoms with E-state index >= 15 is 0 Å². The van der Waals surface area contributed by atoms with Gasteiger partial charge in [0.15, 0.2) is 6.29 Å². The molecular weight excluding hydrogens is 522 g/mol. The lowest BCUT2D eigenvalue weighted by Crippen LogP contribution is -2.61. The Balaban J connectivity index is 1.48. The summed E-state index contributed by atoms with van der Waals surface area (Å²) in [6.45, 7) is -0.664. The summed E-state index contributed by atoms with van der Waals surface area (Å²) in [6, 6.07) is 16.2. The predicted octanol–water partition coefficient (Wildman–Crippen LogP) is 1.50. The first-order chi connectivity index (χ1) is 19.2. The summed E-state index contributed by atoms with van der Waals surface area (Å²) in [5.41, 5.74) is 3.85. The molecule has 1 saturated heterocycles. The first kappa shape index (κ1) is 25.0. The van der Waals surface area contributed by atoms with Gasteiger partial charge in [0.25, 0.3) is 5.79 Å². The quantitative estimate of drug-likeness (QED) is 0.253. The van der Waals surface area contributed by atoms with Crippen LogP contribution in [0.3, 0.4) is 0 Å². The number of fused-ring (bicyclic) bond motifs is 7. The molecular formula is C29H25NO10. The number of aliphatic hydroxyl groups excluding tert-OH is 4. The second-order valence-corrected chi connectivity index (χ2v) is 10.2. The highest BCUT2D eigenvalue weighted by Gasteiger charge is 2.65. The molecule has 0 amide bonds. The zero-order chi connectivity index (χ0) is 27.9. The van der Waals surface area contributed by atoms with Gasteiger partial charge in [-0.15, -0.1) is 0 Å². The first-order valence-corrected chi connectivity index (χ1v) is 12.7. The summed E-state index contributed by atoms with van der Waals surface area (Å²) in [4.78, 5) is 4.87. The van der Waals surface area contributed by atoms with Gasteiger partial charge in [0.05, 0.1) is 23.6 Å². The van der Waals surface area contributed by atoms with Crippen LogP contribution in [0.2, 0.25) is 0 Å². The van der Waals surface area contributed by atoms with Crippen molar-refractivity contribution in [3.63, 3.8) is 0 Å². The van der Waals surface area contributed by atoms with Crippen LogP contribution >= 0.6 is 0 Å². The molecule has 3 aliphatic heterocycles. The van der Waals surface area contributed by atoms with E-state index in [1.165, 1.54) is 24.3 Å². The Morgan fingerprint density at radius 2 is 1.62 bits per heavy atom. The van der Waals surface area contributed by atoms with Gasteiger partial charge in [0.1, 0.15) is 53.3 Å². The maximum atomic E-state index is 11.0. The average Bonchev–Trinajstić information content (AvgIpc) is 3.53. The van der Waals surface area contributed by atoms with Gasteiger partial charge >= 0.3 is 0 Å². The van der Waals surface area contributed by atoms with Crippen LogP contribution in [0.1, 0.15) is 22.6 Å². The summed E-state index contributed by atoms with van der Waals surface area (Å²) in [5, 5.41) is 72.8. The smallest absolute Gasteiger partial charge is 0.253 e. The van der Waals surface area contributed by atoms with Gasteiger partial charge in [-0.3, -0.25) is 4.99 Å². The van der Waals surface area contributed by atoms with Crippen LogP contribution in [0.25, 0.3) is 11.1 Å². The van der Waals surface area contributed by atoms with Gasteiger partial charge in [-0.05, 0) is 23.8 Å². The van der Waals surface area contributed by atoms with Crippen LogP contribution in [0.4, 0.5) is 5.69 Å². The van der Waals surface area contributed by atoms with Crippen molar-refractivity contribution in [2.45, 2.75) is 42.4 Å². The van der Waals surface area contributed by atoms with E-state index in [0.29, 0.717) is 28.1 Å². The van der Waals surface area contributed by atoms with Crippen molar-refractivity contribution >= 4 is 22.5 Å². The minimum Gasteiger partial charge on any atom is -0.508 e. The third kappa shape index (κ3) is 3.37. The van der Waals surface area contributed by atoms with Gasteiger partial charge in [0.2, 0.25) is 0 Å². The fourth-order valence-electron chi connectivity index (χ4n) is 6.11. The number of hydrogen-bond acceptors (Lipinski definition) is 11. The number of para-hydroxylation sites is 1. The summed E-state index contributed by atoms with van der Waals surface area (Å²) < 4.78 is 18.7. The highest BCUT2D eigenvalue weighted by molar-refractivity contribution is 6.41. The highest BCUT2D eigenvalue weighted by atomic mass is 16.8. The number of allylic oxidation sites excluding steroid dienone is 1. The van der Waals surface area contributed by atoms with E-state index in [4.69, 9.17) is 19.2 Å². The van der Waals surface area contributed by atoms with Crippen molar-refractivity contribution < 1.29 is 50.0 Å². The number of hydrogen-bond donors (Lipinski definition) is 7. The van der Waals surface area contributed by atoms with Crippen molar-refractivity contribution in [1.82, 2.24) is 0 Å². The van der Waals surface area contributed by atoms with Gasteiger partial charge in [-0.2, -0.15) is 0 Å². The van der Waals surface area contributed by atoms with Crippen molar-refractivity contribution in [3.8, 4) is 23.0 Å². The van der Waals surface area contributed by atoms with Gasteiger partial charge in [0, 0.05) is 28.8 Å². The number of rotatable bonds is 4. The van der Waals surface area contributed by atoms with Crippen LogP contribution in [-0.2, 0) is 9.47 Å². The number of aliphatic hydroxyl groups is 4. The average molecular weight is 548 g/mol. The maximum absolute atomic E-state index is 11.0. The lowest BCUT2D eigenvalue weighted by atomic mass is 9.88. The molecule has 1 fully saturated rings. The molecule has 4 aliphatic rings. The lowest BCUT2D eigenvalue weighted by Gasteiger charge is -2.43. The minimum atomic E-state index is -1.86. The normalized spacial score (nSPS) is 31.8. The van der Waals surface area contributed by atoms with Crippen molar-refractivity contribution in [1.29, 1.82) is 0 Å². The molecule has 3 heterocycles. The van der Waals surface area contributed by atoms with Crippen LogP contribution in [0, 0.1) is 0 Å². The fraction of sp³-hybridized carbons (Fsp3) is 0.276. The van der Waals surface area contributed by atoms with Gasteiger partial charge < -0.3 is 50.0 Å². The topological polar surface area (TPSA) is 182 Å². The van der Waals surface area contributed by atoms with E-state index in [-0.39, 0.29) is 28.6 Å². The Bertz CT molecular complexity index is 1580. The van der Waals surface area contributed by atoms with Crippen LogP contribution in [0.5, 0.6) is 23.0 Å². The molecule has 3 aromatic carbocycles. The Morgan fingerprint density at radius 3 is 2.38 bits per heavy atom. The zero-order valence-electron chi connectivity index (χ0n) is 20.7. The molecule has 11 heteroatoms. The molecule has 0 spiro atoms. The Kier molecular flexibility index (Phi) is 5.48. The number of phenols is 3. The molecule has 0 aromatic heterocycles. The van der Waals surface area contributed by atoms with Crippen molar-refractivity contribution in [2.75, 3.05) is 6.61 Å². The standard InChI is InChI=1S/C29H25NO10/c31-11-19-25(35)26(36)27(37)28(38-19)40-29-22(12-5-7-13(32)8-6-12)20-15-3-1-2-4-16(15)30-24(20)23(29)21-17(34)9-14(33)10-18(21)39-29/h1-10,19,23,25-28,31-37H,11H2. The van der Waals surface area contributed by atoms with E-state index < -0.39 is 49.0 Å². The molecule has 7 unspecified atom stereocenters. The Hall–Kier alpha value is -3.97. The first-order valence-electron chi connectivity index (χ1n) is 12.7. The number of aromatic hydroxyl groups is 3. The molecule has 0 bridgehead atoms. The second-order valence-electron chi connectivity index (χ2n) is 10.2. The summed E-state index contributed by atoms with van der Waals surface area (Å²) >= 11 is 0. The molecule has 1 aliphatic carbocycles. The van der Waals surface area contributed by atoms with Crippen LogP contribution in [0.15, 0.2) is 65.7 Å². The van der Waals surface area contributed by atoms with Crippen LogP contribution < -0.4 is 4.74 Å². The largest absolute Gasteiger partial charge is 0.508 e. The summed E-state index contributed by atoms with van der Waals surface area (Å²) in [6.07, 6.45) is -7.92. The molecule has 40 heavy (non-hydrogen) atoms. The number of aliphatic imine (C=N–C) groups is 1. The van der Waals surface area contributed by atoms with E-state index in [2.05, 4.69) is 0 Å². The number of nitrogens with zero attached hydrogens (tertiary/aromatic N) is 1. The Morgan fingerprint density at radius 1 is 0.875 bits per heavy atom. The third-order valence-corrected chi connectivity index (χ3v) is 7.87. The molecule has 3 aromatic rings. The SMILES string of the molecule is OCC1OC(OC23Oc4cc(O)cc(O)c4C2C2=Nc4ccccc4C2=C3c2ccc(O)cc2)C(O)C(O)C1O. The van der Waals surface area contributed by atoms with E-state index in [1.807, 2.05) is 24.3 Å². The molecule has 7 atom stereocenters. The van der Waals surface area contributed by atoms with Gasteiger partial charge in [-0.25, -0.2) is 0 Å². The molecule has 0 saturated carbocycles. The predicted molar refractivity (Wildman–Crippen MR) is 139 cm³/mol. The highest BCUT2D eigenvalue weighted by Crippen LogP contribution is 2.65. The summed E-state index contributed by atoms with van der Waals surface area (Å²) in [5.74, 6) is -3.20. The third-order valence-electron chi connectivity index (χ3n) is 7.87.